The van der Waals surface area contributed by atoms with Gasteiger partial charge in [-0.2, -0.15) is 0 Å². The molecule has 2 aromatic rings. The van der Waals surface area contributed by atoms with Crippen molar-refractivity contribution in [2.75, 3.05) is 13.2 Å². The van der Waals surface area contributed by atoms with E-state index in [0.29, 0.717) is 30.3 Å². The number of ether oxygens (including phenoxy) is 2. The van der Waals surface area contributed by atoms with Crippen molar-refractivity contribution in [3.8, 4) is 11.5 Å². The molecule has 0 N–H and O–H groups in total. The summed E-state index contributed by atoms with van der Waals surface area (Å²) in [6.45, 7) is 7.03. The van der Waals surface area contributed by atoms with Crippen molar-refractivity contribution in [2.24, 2.45) is 0 Å². The largest absolute Gasteiger partial charge is 0.486 e. The highest BCUT2D eigenvalue weighted by molar-refractivity contribution is 6.12. The van der Waals surface area contributed by atoms with Crippen molar-refractivity contribution in [2.45, 2.75) is 20.8 Å². The van der Waals surface area contributed by atoms with Gasteiger partial charge < -0.3 is 9.47 Å². The van der Waals surface area contributed by atoms with Crippen LogP contribution in [-0.2, 0) is 0 Å². The number of carbonyl (C=O) groups excluding carboxylic acids is 1. The molecule has 0 fully saturated rings. The van der Waals surface area contributed by atoms with Crippen LogP contribution in [-0.4, -0.2) is 19.0 Å². The second-order valence-corrected chi connectivity index (χ2v) is 5.41. The van der Waals surface area contributed by atoms with Crippen molar-refractivity contribution < 1.29 is 14.3 Å². The van der Waals surface area contributed by atoms with Crippen LogP contribution in [0.25, 0.3) is 0 Å². The molecule has 0 aromatic heterocycles. The second-order valence-electron chi connectivity index (χ2n) is 5.41. The van der Waals surface area contributed by atoms with Crippen molar-refractivity contribution in [1.82, 2.24) is 0 Å². The maximum Gasteiger partial charge on any atom is 0.197 e. The van der Waals surface area contributed by atoms with Gasteiger partial charge in [0.2, 0.25) is 0 Å². The van der Waals surface area contributed by atoms with Crippen LogP contribution in [0, 0.1) is 20.8 Å². The molecule has 2 aromatic carbocycles. The molecule has 21 heavy (non-hydrogen) atoms. The molecule has 0 bridgehead atoms. The minimum absolute atomic E-state index is 0.0158. The fourth-order valence-electron chi connectivity index (χ4n) is 2.60. The SMILES string of the molecule is Cc1cc(C)c(C(=O)c2cccc3c2OCCO3)cc1C. The number of hydrogen-bond donors (Lipinski definition) is 0. The van der Waals surface area contributed by atoms with Crippen molar-refractivity contribution in [1.29, 1.82) is 0 Å². The van der Waals surface area contributed by atoms with Gasteiger partial charge in [-0.25, -0.2) is 0 Å². The summed E-state index contributed by atoms with van der Waals surface area (Å²) >= 11 is 0. The smallest absolute Gasteiger partial charge is 0.197 e. The molecule has 0 saturated carbocycles. The second kappa shape index (κ2) is 5.24. The Balaban J connectivity index is 2.09. The summed E-state index contributed by atoms with van der Waals surface area (Å²) in [6, 6.07) is 9.46. The van der Waals surface area contributed by atoms with E-state index in [0.717, 1.165) is 16.7 Å². The molecule has 1 heterocycles. The molecule has 0 aliphatic carbocycles. The Morgan fingerprint density at radius 2 is 1.62 bits per heavy atom. The number of ketones is 1. The Kier molecular flexibility index (Phi) is 3.42. The number of carbonyl (C=O) groups is 1. The quantitative estimate of drug-likeness (QED) is 0.789. The van der Waals surface area contributed by atoms with Crippen LogP contribution in [0.15, 0.2) is 30.3 Å². The number of fused-ring (bicyclic) bond motifs is 1. The molecular formula is C18H18O3. The molecular weight excluding hydrogens is 264 g/mol. The van der Waals surface area contributed by atoms with E-state index in [-0.39, 0.29) is 5.78 Å². The van der Waals surface area contributed by atoms with Gasteiger partial charge in [-0.1, -0.05) is 12.1 Å². The highest BCUT2D eigenvalue weighted by atomic mass is 16.6. The number of aryl methyl sites for hydroxylation is 3. The summed E-state index contributed by atoms with van der Waals surface area (Å²) in [5.74, 6) is 1.19. The molecule has 0 spiro atoms. The first-order valence-corrected chi connectivity index (χ1v) is 7.09. The fraction of sp³-hybridized carbons (Fsp3) is 0.278. The summed E-state index contributed by atoms with van der Waals surface area (Å²) in [7, 11) is 0. The highest BCUT2D eigenvalue weighted by Gasteiger charge is 2.22. The number of hydrogen-bond acceptors (Lipinski definition) is 3. The molecule has 3 heteroatoms. The molecule has 0 unspecified atom stereocenters. The van der Waals surface area contributed by atoms with Crippen LogP contribution in [0.1, 0.15) is 32.6 Å². The number of benzene rings is 2. The third kappa shape index (κ3) is 2.40. The molecule has 1 aliphatic heterocycles. The first-order chi connectivity index (χ1) is 10.1. The topological polar surface area (TPSA) is 35.5 Å². The van der Waals surface area contributed by atoms with E-state index in [4.69, 9.17) is 9.47 Å². The van der Waals surface area contributed by atoms with E-state index in [9.17, 15) is 4.79 Å². The van der Waals surface area contributed by atoms with Gasteiger partial charge in [0.05, 0.1) is 5.56 Å². The third-order valence-electron chi connectivity index (χ3n) is 3.90. The summed E-state index contributed by atoms with van der Waals surface area (Å²) in [5, 5.41) is 0. The lowest BCUT2D eigenvalue weighted by atomic mass is 9.94. The first-order valence-electron chi connectivity index (χ1n) is 7.09. The van der Waals surface area contributed by atoms with E-state index in [1.165, 1.54) is 5.56 Å². The summed E-state index contributed by atoms with van der Waals surface area (Å²) in [6.07, 6.45) is 0. The van der Waals surface area contributed by atoms with Gasteiger partial charge in [0.1, 0.15) is 13.2 Å². The predicted octanol–water partition coefficient (Wildman–Crippen LogP) is 3.61. The molecule has 0 atom stereocenters. The van der Waals surface area contributed by atoms with Gasteiger partial charge >= 0.3 is 0 Å². The third-order valence-corrected chi connectivity index (χ3v) is 3.90. The van der Waals surface area contributed by atoms with E-state index >= 15 is 0 Å². The number of rotatable bonds is 2. The first kappa shape index (κ1) is 13.7. The highest BCUT2D eigenvalue weighted by Crippen LogP contribution is 2.35. The van der Waals surface area contributed by atoms with Gasteiger partial charge in [-0.15, -0.1) is 0 Å². The molecule has 3 rings (SSSR count). The molecule has 3 nitrogen and oxygen atoms in total. The molecule has 0 saturated heterocycles. The minimum Gasteiger partial charge on any atom is -0.486 e. The zero-order valence-electron chi connectivity index (χ0n) is 12.5. The van der Waals surface area contributed by atoms with Crippen molar-refractivity contribution in [3.05, 3.63) is 58.1 Å². The Morgan fingerprint density at radius 1 is 0.905 bits per heavy atom. The van der Waals surface area contributed by atoms with Gasteiger partial charge in [0, 0.05) is 5.56 Å². The van der Waals surface area contributed by atoms with E-state index < -0.39 is 0 Å². The Hall–Kier alpha value is -2.29. The Labute approximate surface area is 124 Å². The number of para-hydroxylation sites is 1. The Bertz CT molecular complexity index is 717. The lowest BCUT2D eigenvalue weighted by molar-refractivity contribution is 0.102. The Morgan fingerprint density at radius 3 is 2.43 bits per heavy atom. The molecule has 108 valence electrons. The maximum atomic E-state index is 12.9. The summed E-state index contributed by atoms with van der Waals surface area (Å²) in [4.78, 5) is 12.9. The fourth-order valence-corrected chi connectivity index (χ4v) is 2.60. The van der Waals surface area contributed by atoms with Crippen LogP contribution in [0.4, 0.5) is 0 Å². The summed E-state index contributed by atoms with van der Waals surface area (Å²) < 4.78 is 11.2. The van der Waals surface area contributed by atoms with Gasteiger partial charge in [0.15, 0.2) is 17.3 Å². The predicted molar refractivity (Wildman–Crippen MR) is 81.5 cm³/mol. The molecule has 0 amide bonds. The van der Waals surface area contributed by atoms with E-state index in [1.807, 2.05) is 32.0 Å². The maximum absolute atomic E-state index is 12.9. The van der Waals surface area contributed by atoms with Crippen molar-refractivity contribution >= 4 is 5.78 Å². The molecule has 0 radical (unpaired) electrons. The van der Waals surface area contributed by atoms with Gasteiger partial charge in [-0.3, -0.25) is 4.79 Å². The van der Waals surface area contributed by atoms with E-state index in [2.05, 4.69) is 13.0 Å². The van der Waals surface area contributed by atoms with Crippen LogP contribution < -0.4 is 9.47 Å². The van der Waals surface area contributed by atoms with Crippen LogP contribution in [0.3, 0.4) is 0 Å². The normalized spacial score (nSPS) is 13.1. The van der Waals surface area contributed by atoms with Gasteiger partial charge in [0.25, 0.3) is 0 Å². The summed E-state index contributed by atoms with van der Waals surface area (Å²) in [5.41, 5.74) is 4.58. The van der Waals surface area contributed by atoms with Crippen molar-refractivity contribution in [3.63, 3.8) is 0 Å². The minimum atomic E-state index is -0.0158. The van der Waals surface area contributed by atoms with E-state index in [1.54, 1.807) is 6.07 Å². The monoisotopic (exact) mass is 282 g/mol. The lowest BCUT2D eigenvalue weighted by Gasteiger charge is -2.20. The zero-order chi connectivity index (χ0) is 15.0. The van der Waals surface area contributed by atoms with Crippen LogP contribution in [0.5, 0.6) is 11.5 Å². The van der Waals surface area contributed by atoms with Gasteiger partial charge in [-0.05, 0) is 55.7 Å². The standard InChI is InChI=1S/C18H18O3/c1-11-9-13(3)15(10-12(11)2)17(19)14-5-4-6-16-18(14)21-8-7-20-16/h4-6,9-10H,7-8H2,1-3H3. The zero-order valence-corrected chi connectivity index (χ0v) is 12.5. The lowest BCUT2D eigenvalue weighted by Crippen LogP contribution is -2.18. The van der Waals surface area contributed by atoms with Crippen LogP contribution >= 0.6 is 0 Å². The average molecular weight is 282 g/mol. The molecule has 1 aliphatic rings. The average Bonchev–Trinajstić information content (AvgIpc) is 2.49. The van der Waals surface area contributed by atoms with Crippen LogP contribution in [0.2, 0.25) is 0 Å².